The number of aryl methyl sites for hydroxylation is 4. The van der Waals surface area contributed by atoms with Gasteiger partial charge in [0, 0.05) is 66.9 Å². The molecule has 7 heterocycles. The van der Waals surface area contributed by atoms with Crippen molar-refractivity contribution in [1.29, 1.82) is 0 Å². The van der Waals surface area contributed by atoms with Crippen molar-refractivity contribution in [3.8, 4) is 11.3 Å². The highest BCUT2D eigenvalue weighted by molar-refractivity contribution is 6.62. The van der Waals surface area contributed by atoms with Crippen molar-refractivity contribution in [2.75, 3.05) is 0 Å². The lowest BCUT2D eigenvalue weighted by Crippen LogP contribution is -2.41. The second-order valence-electron chi connectivity index (χ2n) is 13.1. The minimum Gasteiger partial charge on any atom is -0.399 e. The average Bonchev–Trinajstić information content (AvgIpc) is 3.85. The second kappa shape index (κ2) is 23.4. The minimum atomic E-state index is -0.302. The van der Waals surface area contributed by atoms with Gasteiger partial charge in [-0.25, -0.2) is 19.9 Å². The molecule has 0 aliphatic carbocycles. The van der Waals surface area contributed by atoms with Crippen LogP contribution in [0.15, 0.2) is 61.4 Å². The van der Waals surface area contributed by atoms with Crippen LogP contribution < -0.4 is 5.46 Å². The maximum Gasteiger partial charge on any atom is 0.498 e. The summed E-state index contributed by atoms with van der Waals surface area (Å²) >= 11 is 28.2. The van der Waals surface area contributed by atoms with E-state index in [4.69, 9.17) is 86.5 Å². The quantitative estimate of drug-likeness (QED) is 0.0947. The normalized spacial score (nSPS) is 13.2. The average molecular weight is 895 g/mol. The first-order valence-electron chi connectivity index (χ1n) is 17.4. The zero-order valence-corrected chi connectivity index (χ0v) is 37.0. The van der Waals surface area contributed by atoms with Gasteiger partial charge in [0.25, 0.3) is 0 Å². The van der Waals surface area contributed by atoms with Crippen LogP contribution in [0.25, 0.3) is 33.3 Å². The Morgan fingerprint density at radius 2 is 1.17 bits per heavy atom. The van der Waals surface area contributed by atoms with Crippen molar-refractivity contribution in [3.63, 3.8) is 0 Å². The van der Waals surface area contributed by atoms with E-state index in [1.165, 1.54) is 0 Å². The maximum atomic E-state index is 8.12. The summed E-state index contributed by atoms with van der Waals surface area (Å²) in [7, 11) is 3.48. The van der Waals surface area contributed by atoms with Crippen molar-refractivity contribution in [3.05, 3.63) is 87.8 Å². The summed E-state index contributed by atoms with van der Waals surface area (Å²) in [6, 6.07) is 7.55. The third-order valence-electron chi connectivity index (χ3n) is 8.45. The zero-order valence-electron chi connectivity index (χ0n) is 33.3. The molecule has 20 heteroatoms. The topological polar surface area (TPSA) is 174 Å². The fourth-order valence-electron chi connectivity index (χ4n) is 4.99. The van der Waals surface area contributed by atoms with Gasteiger partial charge in [-0.05, 0) is 82.9 Å². The van der Waals surface area contributed by atoms with Crippen molar-refractivity contribution in [2.24, 2.45) is 14.1 Å². The molecule has 7 rings (SSSR count). The van der Waals surface area contributed by atoms with Crippen LogP contribution in [0.1, 0.15) is 59.6 Å². The molecular weight excluding hydrogens is 853 g/mol. The van der Waals surface area contributed by atoms with Gasteiger partial charge in [0.05, 0.1) is 33.1 Å². The molecule has 1 saturated heterocycles. The number of aromatic nitrogens is 8. The highest BCUT2D eigenvalue weighted by atomic mass is 35.5. The Morgan fingerprint density at radius 3 is 1.59 bits per heavy atom. The van der Waals surface area contributed by atoms with E-state index in [9.17, 15) is 0 Å². The number of fused-ring (bicyclic) bond motifs is 2. The molecule has 6 aromatic rings. The van der Waals surface area contributed by atoms with Gasteiger partial charge < -0.3 is 9.31 Å². The van der Waals surface area contributed by atoms with E-state index in [0.29, 0.717) is 26.5 Å². The summed E-state index contributed by atoms with van der Waals surface area (Å²) in [5.41, 5.74) is 5.74. The monoisotopic (exact) mass is 892 g/mol. The van der Waals surface area contributed by atoms with Gasteiger partial charge in [-0.15, -0.1) is 23.2 Å². The van der Waals surface area contributed by atoms with Crippen LogP contribution in [0.4, 0.5) is 0 Å². The first kappa shape index (κ1) is 49.9. The minimum absolute atomic E-state index is 0.222. The van der Waals surface area contributed by atoms with Crippen molar-refractivity contribution < 1.29 is 28.5 Å². The number of carbonyl (C=O) groups excluding carboxylic acids is 4. The third kappa shape index (κ3) is 14.2. The maximum absolute atomic E-state index is 8.12. The first-order chi connectivity index (χ1) is 27.3. The van der Waals surface area contributed by atoms with Gasteiger partial charge in [0.1, 0.15) is 9.99 Å². The first-order valence-corrected chi connectivity index (χ1v) is 19.4. The molecule has 6 aromatic heterocycles. The predicted octanol–water partition coefficient (Wildman–Crippen LogP) is 8.11. The number of hydrogen-bond donors (Lipinski definition) is 0. The number of hydrogen-bond acceptors (Lipinski definition) is 12. The van der Waals surface area contributed by atoms with Crippen LogP contribution in [0.2, 0.25) is 15.2 Å². The van der Waals surface area contributed by atoms with E-state index in [1.807, 2.05) is 73.4 Å². The summed E-state index contributed by atoms with van der Waals surface area (Å²) in [4.78, 5) is 49.5. The molecule has 0 N–H and O–H groups in total. The molecule has 1 aliphatic rings. The Hall–Kier alpha value is -4.27. The van der Waals surface area contributed by atoms with E-state index >= 15 is 0 Å². The molecule has 1 aliphatic heterocycles. The molecule has 308 valence electrons. The summed E-state index contributed by atoms with van der Waals surface area (Å²) in [6.45, 7) is 14.0. The molecule has 0 spiro atoms. The number of halogens is 5. The third-order valence-corrected chi connectivity index (χ3v) is 9.44. The summed E-state index contributed by atoms with van der Waals surface area (Å²) in [6.07, 6.45) is 13.0. The van der Waals surface area contributed by atoms with Crippen molar-refractivity contribution >= 4 is 105 Å². The van der Waals surface area contributed by atoms with Crippen LogP contribution in [-0.4, -0.2) is 75.0 Å². The number of alkyl halides is 2. The number of nitrogens with zero attached hydrogens (tertiary/aromatic N) is 8. The Labute approximate surface area is 361 Å². The Bertz CT molecular complexity index is 2300. The molecule has 0 saturated carbocycles. The summed E-state index contributed by atoms with van der Waals surface area (Å²) in [5.74, 6) is 0. The molecule has 0 radical (unpaired) electrons. The van der Waals surface area contributed by atoms with Gasteiger partial charge in [0.15, 0.2) is 11.3 Å². The number of pyridine rings is 4. The molecule has 0 atom stereocenters. The van der Waals surface area contributed by atoms with Crippen LogP contribution >= 0.6 is 58.0 Å². The van der Waals surface area contributed by atoms with Crippen molar-refractivity contribution in [2.45, 2.75) is 77.3 Å². The standard InChI is InChI=1S/C14H13ClN4.C10H17BN2O2.C10H8Cl2N2.C2H4Cl2.2CO2/c1-3-9-6-11-12(15)4-5-16-14(11)18-13(9)10-7-17-19(2)8-10;1-9(2)10(3,4)15-11(14-9)8-6-12-13(5)7-8;1-2-6-5-7-8(11)3-4-13-10(7)14-9(6)12;1-2(3)4;2*2-1-3/h4-8H,3H2,1-2H3;6-7H,1-5H3;3-5H,2H2,1H3;2H,1H3;;. The summed E-state index contributed by atoms with van der Waals surface area (Å²) in [5, 5.41) is 11.9. The Balaban J connectivity index is 0.000000271. The van der Waals surface area contributed by atoms with Crippen LogP contribution in [0.5, 0.6) is 0 Å². The van der Waals surface area contributed by atoms with E-state index in [2.05, 4.69) is 43.1 Å². The van der Waals surface area contributed by atoms with Gasteiger partial charge in [-0.3, -0.25) is 9.36 Å². The molecule has 0 amide bonds. The molecular formula is C38H42BCl5N8O6. The lowest BCUT2D eigenvalue weighted by molar-refractivity contribution is -0.193. The largest absolute Gasteiger partial charge is 0.498 e. The SMILES string of the molecule is CC(Cl)Cl.CCc1cc2c(Cl)ccnc2nc1-c1cnn(C)c1.CCc1cc2c(Cl)ccnc2nc1Cl.Cn1cc(B2OC(C)(C)C(C)(C)O2)cn1.O=C=O.O=C=O. The van der Waals surface area contributed by atoms with E-state index < -0.39 is 0 Å². The second-order valence-corrected chi connectivity index (χ2v) is 15.8. The van der Waals surface area contributed by atoms with Crippen LogP contribution in [0, 0.1) is 0 Å². The van der Waals surface area contributed by atoms with Gasteiger partial charge in [0.2, 0.25) is 0 Å². The van der Waals surface area contributed by atoms with Crippen molar-refractivity contribution in [1.82, 2.24) is 39.5 Å². The smallest absolute Gasteiger partial charge is 0.399 e. The Morgan fingerprint density at radius 1 is 0.741 bits per heavy atom. The van der Waals surface area contributed by atoms with E-state index in [1.54, 1.807) is 47.0 Å². The lowest BCUT2D eigenvalue weighted by atomic mass is 9.82. The van der Waals surface area contributed by atoms with Crippen LogP contribution in [-0.2, 0) is 55.4 Å². The number of rotatable bonds is 4. The van der Waals surface area contributed by atoms with Gasteiger partial charge in [-0.1, -0.05) is 48.7 Å². The van der Waals surface area contributed by atoms with Crippen LogP contribution in [0.3, 0.4) is 0 Å². The molecule has 14 nitrogen and oxygen atoms in total. The molecule has 58 heavy (non-hydrogen) atoms. The molecule has 0 unspecified atom stereocenters. The summed E-state index contributed by atoms with van der Waals surface area (Å²) < 4.78 is 15.3. The fraction of sp³-hybridized carbons (Fsp3) is 0.368. The molecule has 0 aromatic carbocycles. The zero-order chi connectivity index (χ0) is 43.8. The van der Waals surface area contributed by atoms with Gasteiger partial charge >= 0.3 is 19.4 Å². The lowest BCUT2D eigenvalue weighted by Gasteiger charge is -2.32. The fourth-order valence-corrected chi connectivity index (χ4v) is 5.65. The molecule has 1 fully saturated rings. The van der Waals surface area contributed by atoms with E-state index in [0.717, 1.165) is 51.5 Å². The van der Waals surface area contributed by atoms with E-state index in [-0.39, 0.29) is 35.5 Å². The molecule has 0 bridgehead atoms. The van der Waals surface area contributed by atoms with Gasteiger partial charge in [-0.2, -0.15) is 29.4 Å². The highest BCUT2D eigenvalue weighted by Crippen LogP contribution is 2.36. The Kier molecular flexibility index (Phi) is 20.1. The highest BCUT2D eigenvalue weighted by Gasteiger charge is 2.52. The predicted molar refractivity (Wildman–Crippen MR) is 225 cm³/mol.